The lowest BCUT2D eigenvalue weighted by Gasteiger charge is -2.06. The van der Waals surface area contributed by atoms with Crippen molar-refractivity contribution < 1.29 is 9.47 Å². The minimum Gasteiger partial charge on any atom is -0.454 e. The molecule has 3 heterocycles. The van der Waals surface area contributed by atoms with E-state index in [1.165, 1.54) is 4.52 Å². The normalized spacial score (nSPS) is 12.7. The van der Waals surface area contributed by atoms with Crippen LogP contribution >= 0.6 is 0 Å². The molecule has 0 saturated carbocycles. The molecule has 0 radical (unpaired) electrons. The zero-order chi connectivity index (χ0) is 17.7. The molecular weight excluding hydrogens is 330 g/mol. The number of hydrogen-bond donors (Lipinski definition) is 1. The fourth-order valence-electron chi connectivity index (χ4n) is 3.32. The Morgan fingerprint density at radius 2 is 1.81 bits per heavy atom. The van der Waals surface area contributed by atoms with E-state index in [9.17, 15) is 4.79 Å². The number of rotatable bonds is 2. The van der Waals surface area contributed by atoms with Crippen LogP contribution in [0.3, 0.4) is 0 Å². The molecule has 0 amide bonds. The van der Waals surface area contributed by atoms with Gasteiger partial charge in [-0.05, 0) is 30.7 Å². The SMILES string of the molecule is Cc1nn2c(=O)cc(-c3ccc4c(c3)OCO4)[nH]c2c1-c1ccccc1. The van der Waals surface area contributed by atoms with Crippen molar-refractivity contribution in [1.82, 2.24) is 14.6 Å². The number of aromatic amines is 1. The summed E-state index contributed by atoms with van der Waals surface area (Å²) in [4.78, 5) is 16.0. The molecule has 6 heteroatoms. The molecule has 0 fully saturated rings. The van der Waals surface area contributed by atoms with E-state index in [0.29, 0.717) is 22.8 Å². The van der Waals surface area contributed by atoms with E-state index in [-0.39, 0.29) is 12.4 Å². The summed E-state index contributed by atoms with van der Waals surface area (Å²) in [6.45, 7) is 2.12. The summed E-state index contributed by atoms with van der Waals surface area (Å²) in [5.41, 5.74) is 4.78. The molecule has 2 aromatic carbocycles. The highest BCUT2D eigenvalue weighted by Gasteiger charge is 2.17. The van der Waals surface area contributed by atoms with Gasteiger partial charge in [0.25, 0.3) is 5.56 Å². The van der Waals surface area contributed by atoms with Gasteiger partial charge in [-0.15, -0.1) is 0 Å². The summed E-state index contributed by atoms with van der Waals surface area (Å²) in [5, 5.41) is 4.41. The highest BCUT2D eigenvalue weighted by atomic mass is 16.7. The van der Waals surface area contributed by atoms with E-state index in [1.807, 2.05) is 55.5 Å². The van der Waals surface area contributed by atoms with E-state index in [0.717, 1.165) is 22.4 Å². The molecule has 0 aliphatic carbocycles. The first-order chi connectivity index (χ1) is 12.7. The topological polar surface area (TPSA) is 68.6 Å². The van der Waals surface area contributed by atoms with Crippen LogP contribution in [0.4, 0.5) is 0 Å². The standard InChI is InChI=1S/C20H15N3O3/c1-12-19(13-5-3-2-4-6-13)20-21-15(10-18(24)23(20)22-12)14-7-8-16-17(9-14)26-11-25-16/h2-10,21H,11H2,1H3. The maximum absolute atomic E-state index is 12.6. The van der Waals surface area contributed by atoms with Crippen molar-refractivity contribution >= 4 is 5.65 Å². The second-order valence-corrected chi connectivity index (χ2v) is 6.18. The molecule has 2 aromatic heterocycles. The van der Waals surface area contributed by atoms with Gasteiger partial charge in [-0.2, -0.15) is 9.61 Å². The lowest BCUT2D eigenvalue weighted by atomic mass is 10.1. The van der Waals surface area contributed by atoms with Crippen molar-refractivity contribution in [2.75, 3.05) is 6.79 Å². The van der Waals surface area contributed by atoms with Crippen LogP contribution in [0.1, 0.15) is 5.69 Å². The quantitative estimate of drug-likeness (QED) is 0.605. The third-order valence-corrected chi connectivity index (χ3v) is 4.54. The van der Waals surface area contributed by atoms with Crippen LogP contribution in [0.2, 0.25) is 0 Å². The lowest BCUT2D eigenvalue weighted by Crippen LogP contribution is -2.14. The fourth-order valence-corrected chi connectivity index (χ4v) is 3.32. The van der Waals surface area contributed by atoms with Crippen LogP contribution in [0, 0.1) is 6.92 Å². The highest BCUT2D eigenvalue weighted by Crippen LogP contribution is 2.35. The van der Waals surface area contributed by atoms with Crippen LogP contribution in [-0.2, 0) is 0 Å². The molecule has 1 N–H and O–H groups in total. The summed E-state index contributed by atoms with van der Waals surface area (Å²) < 4.78 is 12.2. The van der Waals surface area contributed by atoms with Crippen LogP contribution < -0.4 is 15.0 Å². The maximum atomic E-state index is 12.6. The first-order valence-corrected chi connectivity index (χ1v) is 8.29. The molecule has 26 heavy (non-hydrogen) atoms. The zero-order valence-corrected chi connectivity index (χ0v) is 14.0. The van der Waals surface area contributed by atoms with Gasteiger partial charge in [-0.1, -0.05) is 30.3 Å². The maximum Gasteiger partial charge on any atom is 0.274 e. The molecule has 1 aliphatic heterocycles. The first kappa shape index (κ1) is 14.8. The Bertz CT molecular complexity index is 1190. The number of H-pyrrole nitrogens is 1. The Morgan fingerprint density at radius 1 is 1.00 bits per heavy atom. The summed E-state index contributed by atoms with van der Waals surface area (Å²) in [7, 11) is 0. The second kappa shape index (κ2) is 5.49. The van der Waals surface area contributed by atoms with Crippen molar-refractivity contribution in [1.29, 1.82) is 0 Å². The second-order valence-electron chi connectivity index (χ2n) is 6.18. The van der Waals surface area contributed by atoms with E-state index in [1.54, 1.807) is 6.07 Å². The van der Waals surface area contributed by atoms with Crippen molar-refractivity contribution in [2.24, 2.45) is 0 Å². The van der Waals surface area contributed by atoms with Gasteiger partial charge < -0.3 is 14.5 Å². The van der Waals surface area contributed by atoms with Gasteiger partial charge in [0.15, 0.2) is 11.5 Å². The number of nitrogens with one attached hydrogen (secondary N) is 1. The number of ether oxygens (including phenoxy) is 2. The average Bonchev–Trinajstić information content (AvgIpc) is 3.25. The molecule has 0 bridgehead atoms. The lowest BCUT2D eigenvalue weighted by molar-refractivity contribution is 0.174. The smallest absolute Gasteiger partial charge is 0.274 e. The molecule has 128 valence electrons. The minimum atomic E-state index is -0.184. The Labute approximate surface area is 148 Å². The van der Waals surface area contributed by atoms with Crippen molar-refractivity contribution in [2.45, 2.75) is 6.92 Å². The van der Waals surface area contributed by atoms with Gasteiger partial charge >= 0.3 is 0 Å². The number of hydrogen-bond acceptors (Lipinski definition) is 4. The number of aryl methyl sites for hydroxylation is 1. The average molecular weight is 345 g/mol. The summed E-state index contributed by atoms with van der Waals surface area (Å²) in [5.74, 6) is 1.39. The Hall–Kier alpha value is -3.54. The molecule has 5 rings (SSSR count). The van der Waals surface area contributed by atoms with Gasteiger partial charge in [-0.3, -0.25) is 4.79 Å². The Kier molecular flexibility index (Phi) is 3.12. The summed E-state index contributed by atoms with van der Waals surface area (Å²) in [6.07, 6.45) is 0. The molecule has 4 aromatic rings. The minimum absolute atomic E-state index is 0.184. The Balaban J connectivity index is 1.75. The van der Waals surface area contributed by atoms with Gasteiger partial charge in [-0.25, -0.2) is 0 Å². The van der Waals surface area contributed by atoms with Crippen LogP contribution in [-0.4, -0.2) is 21.4 Å². The predicted molar refractivity (Wildman–Crippen MR) is 97.5 cm³/mol. The Morgan fingerprint density at radius 3 is 2.65 bits per heavy atom. The molecule has 0 saturated heterocycles. The van der Waals surface area contributed by atoms with Gasteiger partial charge in [0.2, 0.25) is 6.79 Å². The molecule has 6 nitrogen and oxygen atoms in total. The molecular formula is C20H15N3O3. The van der Waals surface area contributed by atoms with Crippen LogP contribution in [0.5, 0.6) is 11.5 Å². The monoisotopic (exact) mass is 345 g/mol. The van der Waals surface area contributed by atoms with Gasteiger partial charge in [0.1, 0.15) is 5.65 Å². The predicted octanol–water partition coefficient (Wildman–Crippen LogP) is 3.39. The summed E-state index contributed by atoms with van der Waals surface area (Å²) >= 11 is 0. The van der Waals surface area contributed by atoms with Gasteiger partial charge in [0.05, 0.1) is 11.4 Å². The molecule has 0 spiro atoms. The third-order valence-electron chi connectivity index (χ3n) is 4.54. The van der Waals surface area contributed by atoms with E-state index in [4.69, 9.17) is 9.47 Å². The first-order valence-electron chi connectivity index (χ1n) is 8.29. The third kappa shape index (κ3) is 2.19. The fraction of sp³-hybridized carbons (Fsp3) is 0.100. The van der Waals surface area contributed by atoms with Crippen molar-refractivity contribution in [3.63, 3.8) is 0 Å². The number of nitrogens with zero attached hydrogens (tertiary/aromatic N) is 2. The highest BCUT2D eigenvalue weighted by molar-refractivity contribution is 5.81. The summed E-state index contributed by atoms with van der Waals surface area (Å²) in [6, 6.07) is 17.1. The number of fused-ring (bicyclic) bond motifs is 2. The number of benzene rings is 2. The van der Waals surface area contributed by atoms with Gasteiger partial charge in [0, 0.05) is 17.2 Å². The van der Waals surface area contributed by atoms with E-state index >= 15 is 0 Å². The largest absolute Gasteiger partial charge is 0.454 e. The molecule has 0 atom stereocenters. The van der Waals surface area contributed by atoms with Crippen molar-refractivity contribution in [3.05, 3.63) is 70.6 Å². The van der Waals surface area contributed by atoms with Crippen molar-refractivity contribution in [3.8, 4) is 33.9 Å². The molecule has 0 unspecified atom stereocenters. The van der Waals surface area contributed by atoms with E-state index in [2.05, 4.69) is 10.1 Å². The van der Waals surface area contributed by atoms with E-state index < -0.39 is 0 Å². The molecule has 1 aliphatic rings. The zero-order valence-electron chi connectivity index (χ0n) is 14.0. The van der Waals surface area contributed by atoms with Crippen LogP contribution in [0.15, 0.2) is 59.4 Å². The van der Waals surface area contributed by atoms with Crippen LogP contribution in [0.25, 0.3) is 28.0 Å². The number of aromatic nitrogens is 3.